The van der Waals surface area contributed by atoms with Gasteiger partial charge in [-0.05, 0) is 23.8 Å². The predicted octanol–water partition coefficient (Wildman–Crippen LogP) is 0.223. The molecule has 2 nitrogen and oxygen atoms in total. The highest BCUT2D eigenvalue weighted by atomic mass is 16.3. The lowest BCUT2D eigenvalue weighted by atomic mass is 10.0. The van der Waals surface area contributed by atoms with Crippen molar-refractivity contribution >= 4 is 0 Å². The second-order valence-corrected chi connectivity index (χ2v) is 4.15. The van der Waals surface area contributed by atoms with Crippen LogP contribution in [0.3, 0.4) is 0 Å². The topological polar surface area (TPSA) is 32.3 Å². The average Bonchev–Trinajstić information content (AvgIpc) is 2.28. The van der Waals surface area contributed by atoms with Crippen LogP contribution in [-0.2, 0) is 0 Å². The van der Waals surface area contributed by atoms with Crippen LogP contribution in [0.25, 0.3) is 0 Å². The van der Waals surface area contributed by atoms with Gasteiger partial charge in [-0.3, -0.25) is 0 Å². The van der Waals surface area contributed by atoms with Crippen molar-refractivity contribution in [1.29, 1.82) is 0 Å². The minimum atomic E-state index is 0.310. The molecule has 0 aromatic carbocycles. The van der Waals surface area contributed by atoms with Crippen molar-refractivity contribution in [3.63, 3.8) is 0 Å². The van der Waals surface area contributed by atoms with Crippen LogP contribution < -0.4 is 5.32 Å². The van der Waals surface area contributed by atoms with E-state index in [-0.39, 0.29) is 0 Å². The van der Waals surface area contributed by atoms with Crippen molar-refractivity contribution in [2.45, 2.75) is 19.9 Å². The molecule has 1 saturated carbocycles. The number of aliphatic hydroxyl groups excluding tert-OH is 1. The third-order valence-corrected chi connectivity index (χ3v) is 3.37. The molecule has 0 aromatic rings. The third-order valence-electron chi connectivity index (χ3n) is 3.37. The average molecular weight is 141 g/mol. The minimum absolute atomic E-state index is 0.310. The van der Waals surface area contributed by atoms with E-state index in [0.29, 0.717) is 18.1 Å². The molecule has 0 bridgehead atoms. The Hall–Kier alpha value is -0.0800. The fourth-order valence-corrected chi connectivity index (χ4v) is 2.56. The lowest BCUT2D eigenvalue weighted by Crippen LogP contribution is -2.33. The van der Waals surface area contributed by atoms with Gasteiger partial charge in [-0.15, -0.1) is 0 Å². The Bertz CT molecular complexity index is 155. The molecule has 0 spiro atoms. The number of rotatable bonds is 1. The van der Waals surface area contributed by atoms with Gasteiger partial charge in [-0.25, -0.2) is 0 Å². The van der Waals surface area contributed by atoms with Crippen molar-refractivity contribution in [1.82, 2.24) is 5.32 Å². The van der Waals surface area contributed by atoms with E-state index in [2.05, 4.69) is 19.2 Å². The zero-order chi connectivity index (χ0) is 7.35. The first-order chi connectivity index (χ1) is 4.68. The lowest BCUT2D eigenvalue weighted by Gasteiger charge is -2.15. The monoisotopic (exact) mass is 141 g/mol. The number of piperidine rings is 1. The zero-order valence-electron chi connectivity index (χ0n) is 6.59. The first kappa shape index (κ1) is 6.62. The first-order valence-corrected chi connectivity index (χ1v) is 4.02. The maximum Gasteiger partial charge on any atom is 0.0587 e. The van der Waals surface area contributed by atoms with E-state index in [1.807, 2.05) is 0 Å². The van der Waals surface area contributed by atoms with E-state index >= 15 is 0 Å². The van der Waals surface area contributed by atoms with Crippen LogP contribution in [-0.4, -0.2) is 24.3 Å². The van der Waals surface area contributed by atoms with Crippen LogP contribution in [0.4, 0.5) is 0 Å². The van der Waals surface area contributed by atoms with E-state index in [0.717, 1.165) is 18.4 Å². The van der Waals surface area contributed by atoms with Gasteiger partial charge in [0.25, 0.3) is 0 Å². The third kappa shape index (κ3) is 0.611. The smallest absolute Gasteiger partial charge is 0.0587 e. The Labute approximate surface area is 61.6 Å². The Kier molecular flexibility index (Phi) is 1.15. The Morgan fingerprint density at radius 2 is 2.30 bits per heavy atom. The van der Waals surface area contributed by atoms with Gasteiger partial charge in [0.2, 0.25) is 0 Å². The summed E-state index contributed by atoms with van der Waals surface area (Å²) in [6.45, 7) is 6.02. The summed E-state index contributed by atoms with van der Waals surface area (Å²) in [4.78, 5) is 0. The summed E-state index contributed by atoms with van der Waals surface area (Å²) in [7, 11) is 0. The summed E-state index contributed by atoms with van der Waals surface area (Å²) in [5, 5.41) is 12.2. The van der Waals surface area contributed by atoms with Crippen LogP contribution in [0.15, 0.2) is 0 Å². The maximum atomic E-state index is 8.93. The Balaban J connectivity index is 2.07. The molecule has 3 atom stereocenters. The largest absolute Gasteiger partial charge is 0.395 e. The molecule has 10 heavy (non-hydrogen) atoms. The molecular weight excluding hydrogens is 126 g/mol. The molecule has 2 N–H and O–H groups in total. The van der Waals surface area contributed by atoms with Gasteiger partial charge in [0.05, 0.1) is 6.61 Å². The molecule has 58 valence electrons. The van der Waals surface area contributed by atoms with Crippen molar-refractivity contribution in [2.24, 2.45) is 17.3 Å². The van der Waals surface area contributed by atoms with Crippen LogP contribution in [0, 0.1) is 17.3 Å². The number of fused-ring (bicyclic) bond motifs is 1. The van der Waals surface area contributed by atoms with Crippen LogP contribution in [0.2, 0.25) is 0 Å². The van der Waals surface area contributed by atoms with Gasteiger partial charge in [0.15, 0.2) is 0 Å². The van der Waals surface area contributed by atoms with Gasteiger partial charge in [-0.1, -0.05) is 13.8 Å². The quantitative estimate of drug-likeness (QED) is 0.547. The SMILES string of the molecule is CC1(C)C2C(CO)NC[C@@H]21. The second-order valence-electron chi connectivity index (χ2n) is 4.15. The van der Waals surface area contributed by atoms with Crippen molar-refractivity contribution < 1.29 is 5.11 Å². The van der Waals surface area contributed by atoms with E-state index in [4.69, 9.17) is 5.11 Å². The van der Waals surface area contributed by atoms with Gasteiger partial charge in [0, 0.05) is 6.04 Å². The van der Waals surface area contributed by atoms with Gasteiger partial charge >= 0.3 is 0 Å². The summed E-state index contributed by atoms with van der Waals surface area (Å²) in [6.07, 6.45) is 0. The highest BCUT2D eigenvalue weighted by molar-refractivity contribution is 5.14. The molecule has 2 heteroatoms. The maximum absolute atomic E-state index is 8.93. The van der Waals surface area contributed by atoms with Crippen molar-refractivity contribution in [3.8, 4) is 0 Å². The molecule has 1 aliphatic heterocycles. The van der Waals surface area contributed by atoms with E-state index in [1.165, 1.54) is 0 Å². The Morgan fingerprint density at radius 3 is 2.60 bits per heavy atom. The van der Waals surface area contributed by atoms with E-state index in [9.17, 15) is 0 Å². The molecule has 0 amide bonds. The fourth-order valence-electron chi connectivity index (χ4n) is 2.56. The van der Waals surface area contributed by atoms with Gasteiger partial charge < -0.3 is 10.4 Å². The molecule has 2 unspecified atom stereocenters. The highest BCUT2D eigenvalue weighted by Gasteiger charge is 2.63. The summed E-state index contributed by atoms with van der Waals surface area (Å²) < 4.78 is 0. The summed E-state index contributed by atoms with van der Waals surface area (Å²) in [5.41, 5.74) is 0.513. The molecule has 0 radical (unpaired) electrons. The number of nitrogens with one attached hydrogen (secondary N) is 1. The standard InChI is InChI=1S/C8H15NO/c1-8(2)5-3-9-6(4-10)7(5)8/h5-7,9-10H,3-4H2,1-2H3/t5-,6?,7?/m0/s1. The number of hydrogen-bond acceptors (Lipinski definition) is 2. The van der Waals surface area contributed by atoms with Crippen LogP contribution in [0.1, 0.15) is 13.8 Å². The fraction of sp³-hybridized carbons (Fsp3) is 1.00. The second kappa shape index (κ2) is 1.74. The van der Waals surface area contributed by atoms with Crippen molar-refractivity contribution in [3.05, 3.63) is 0 Å². The molecule has 1 heterocycles. The molecule has 0 aromatic heterocycles. The summed E-state index contributed by atoms with van der Waals surface area (Å²) in [5.74, 6) is 1.59. The molecule has 2 rings (SSSR count). The zero-order valence-corrected chi connectivity index (χ0v) is 6.59. The highest BCUT2D eigenvalue weighted by Crippen LogP contribution is 2.62. The molecular formula is C8H15NO. The van der Waals surface area contributed by atoms with Gasteiger partial charge in [-0.2, -0.15) is 0 Å². The lowest BCUT2D eigenvalue weighted by molar-refractivity contribution is 0.226. The molecule has 2 fully saturated rings. The Morgan fingerprint density at radius 1 is 1.60 bits per heavy atom. The van der Waals surface area contributed by atoms with Gasteiger partial charge in [0.1, 0.15) is 0 Å². The molecule has 2 aliphatic rings. The van der Waals surface area contributed by atoms with Crippen LogP contribution >= 0.6 is 0 Å². The van der Waals surface area contributed by atoms with Crippen molar-refractivity contribution in [2.75, 3.05) is 13.2 Å². The first-order valence-electron chi connectivity index (χ1n) is 4.02. The van der Waals surface area contributed by atoms with E-state index < -0.39 is 0 Å². The minimum Gasteiger partial charge on any atom is -0.395 e. The molecule has 1 saturated heterocycles. The summed E-state index contributed by atoms with van der Waals surface area (Å²) >= 11 is 0. The normalized spacial score (nSPS) is 48.9. The molecule has 1 aliphatic carbocycles. The van der Waals surface area contributed by atoms with E-state index in [1.54, 1.807) is 0 Å². The number of aliphatic hydroxyl groups is 1. The van der Waals surface area contributed by atoms with Crippen LogP contribution in [0.5, 0.6) is 0 Å². The predicted molar refractivity (Wildman–Crippen MR) is 39.6 cm³/mol. The number of hydrogen-bond donors (Lipinski definition) is 2. The summed E-state index contributed by atoms with van der Waals surface area (Å²) in [6, 6.07) is 0.389.